The molecule has 2 rings (SSSR count). The lowest BCUT2D eigenvalue weighted by molar-refractivity contribution is 0.0139. The number of piperazine rings is 1. The predicted molar refractivity (Wildman–Crippen MR) is 100 cm³/mol. The summed E-state index contributed by atoms with van der Waals surface area (Å²) in [5.41, 5.74) is -0.380. The number of nitrogens with zero attached hydrogens (tertiary/aromatic N) is 2. The van der Waals surface area contributed by atoms with E-state index in [1.807, 2.05) is 25.7 Å². The van der Waals surface area contributed by atoms with E-state index < -0.39 is 18.0 Å². The normalized spacial score (nSPS) is 16.7. The minimum Gasteiger partial charge on any atom is -0.445 e. The maximum absolute atomic E-state index is 13.2. The molecule has 0 N–H and O–H groups in total. The first-order chi connectivity index (χ1) is 11.9. The topological polar surface area (TPSA) is 32.8 Å². The van der Waals surface area contributed by atoms with Crippen molar-refractivity contribution >= 4 is 31.2 Å². The fourth-order valence-corrected chi connectivity index (χ4v) is 3.18. The van der Waals surface area contributed by atoms with Gasteiger partial charge in [0.1, 0.15) is 5.60 Å². The third kappa shape index (κ3) is 5.57. The van der Waals surface area contributed by atoms with Crippen molar-refractivity contribution in [2.45, 2.75) is 44.7 Å². The Balaban J connectivity index is 2.00. The Morgan fingerprint density at radius 1 is 1.19 bits per heavy atom. The zero-order valence-electron chi connectivity index (χ0n) is 15.6. The van der Waals surface area contributed by atoms with Crippen LogP contribution in [0.4, 0.5) is 17.7 Å². The molecule has 1 aromatic rings. The number of hydrogen-bond donors (Lipinski definition) is 1. The van der Waals surface area contributed by atoms with Gasteiger partial charge in [-0.3, -0.25) is 4.90 Å². The van der Waals surface area contributed by atoms with E-state index in [1.54, 1.807) is 11.0 Å². The van der Waals surface area contributed by atoms with Gasteiger partial charge in [0.25, 0.3) is 0 Å². The number of rotatable bonds is 3. The molecule has 0 aromatic heterocycles. The van der Waals surface area contributed by atoms with Crippen molar-refractivity contribution in [2.24, 2.45) is 0 Å². The maximum Gasteiger partial charge on any atom is 0.509 e. The largest absolute Gasteiger partial charge is 0.509 e. The van der Waals surface area contributed by atoms with Crippen molar-refractivity contribution in [3.8, 4) is 0 Å². The van der Waals surface area contributed by atoms with Crippen LogP contribution in [0.3, 0.4) is 0 Å². The quantitative estimate of drug-likeness (QED) is 0.636. The SMILES string of the molecule is Cc1c(S)cc(CN2CCN(C(=O)OC(C)(C)C)CC2)cc1[B-](F)(F)F. The molecular weight excluding hydrogens is 364 g/mol. The lowest BCUT2D eigenvalue weighted by Crippen LogP contribution is -2.49. The Hall–Kier alpha value is -1.35. The van der Waals surface area contributed by atoms with Crippen LogP contribution in [-0.2, 0) is 11.3 Å². The first-order valence-corrected chi connectivity index (χ1v) is 9.04. The summed E-state index contributed by atoms with van der Waals surface area (Å²) < 4.78 is 45.0. The van der Waals surface area contributed by atoms with Gasteiger partial charge in [-0.2, -0.15) is 0 Å². The molecule has 1 aliphatic heterocycles. The summed E-state index contributed by atoms with van der Waals surface area (Å²) in [5, 5.41) is 0. The molecule has 1 heterocycles. The zero-order chi connectivity index (χ0) is 19.7. The average molecular weight is 389 g/mol. The number of halogens is 3. The molecule has 1 fully saturated rings. The van der Waals surface area contributed by atoms with Gasteiger partial charge in [0.15, 0.2) is 0 Å². The molecule has 26 heavy (non-hydrogen) atoms. The van der Waals surface area contributed by atoms with E-state index in [4.69, 9.17) is 4.74 Å². The Labute approximate surface area is 158 Å². The van der Waals surface area contributed by atoms with E-state index in [2.05, 4.69) is 12.6 Å². The van der Waals surface area contributed by atoms with Gasteiger partial charge in [-0.15, -0.1) is 18.1 Å². The average Bonchev–Trinajstić information content (AvgIpc) is 2.48. The van der Waals surface area contributed by atoms with Crippen LogP contribution in [0.2, 0.25) is 0 Å². The van der Waals surface area contributed by atoms with Gasteiger partial charge in [-0.05, 0) is 39.3 Å². The molecule has 0 atom stereocenters. The van der Waals surface area contributed by atoms with Crippen molar-refractivity contribution in [1.82, 2.24) is 9.80 Å². The first-order valence-electron chi connectivity index (χ1n) is 8.59. The molecule has 0 spiro atoms. The van der Waals surface area contributed by atoms with Crippen LogP contribution >= 0.6 is 12.6 Å². The second-order valence-corrected chi connectivity index (χ2v) is 8.13. The molecule has 1 amide bonds. The number of hydrogen-bond acceptors (Lipinski definition) is 4. The monoisotopic (exact) mass is 389 g/mol. The third-order valence-electron chi connectivity index (χ3n) is 4.26. The summed E-state index contributed by atoms with van der Waals surface area (Å²) in [6, 6.07) is 2.90. The molecule has 0 aliphatic carbocycles. The highest BCUT2D eigenvalue weighted by Crippen LogP contribution is 2.21. The Bertz CT molecular complexity index is 669. The third-order valence-corrected chi connectivity index (χ3v) is 4.73. The van der Waals surface area contributed by atoms with E-state index in [9.17, 15) is 17.7 Å². The maximum atomic E-state index is 13.2. The van der Waals surface area contributed by atoms with E-state index in [0.29, 0.717) is 43.2 Å². The number of thiol groups is 1. The summed E-state index contributed by atoms with van der Waals surface area (Å²) in [5.74, 6) is 0. The van der Waals surface area contributed by atoms with Crippen LogP contribution in [0.1, 0.15) is 31.9 Å². The minimum absolute atomic E-state index is 0.166. The van der Waals surface area contributed by atoms with Gasteiger partial charge in [0.05, 0.1) is 0 Å². The van der Waals surface area contributed by atoms with Crippen LogP contribution in [0.5, 0.6) is 0 Å². The fourth-order valence-electron chi connectivity index (χ4n) is 2.89. The van der Waals surface area contributed by atoms with Gasteiger partial charge in [0, 0.05) is 37.6 Å². The predicted octanol–water partition coefficient (Wildman–Crippen LogP) is 3.39. The van der Waals surface area contributed by atoms with Gasteiger partial charge in [-0.1, -0.05) is 11.6 Å². The molecule has 1 saturated heterocycles. The number of ether oxygens (including phenoxy) is 1. The number of amides is 1. The summed E-state index contributed by atoms with van der Waals surface area (Å²) in [4.78, 5) is 16.1. The highest BCUT2D eigenvalue weighted by Gasteiger charge is 2.29. The summed E-state index contributed by atoms with van der Waals surface area (Å²) >= 11 is 4.19. The van der Waals surface area contributed by atoms with Crippen LogP contribution < -0.4 is 5.46 Å². The Morgan fingerprint density at radius 3 is 2.27 bits per heavy atom. The fraction of sp³-hybridized carbons (Fsp3) is 0.588. The molecule has 146 valence electrons. The lowest BCUT2D eigenvalue weighted by atomic mass is 9.76. The van der Waals surface area contributed by atoms with Crippen molar-refractivity contribution in [3.63, 3.8) is 0 Å². The standard InChI is InChI=1S/C17H25BF3N2O2S/c1-12-14(18(19,20)21)9-13(10-15(12)26)11-22-5-7-23(8-6-22)16(24)25-17(2,3)4/h9-10,26H,5-8,11H2,1-4H3/q-1. The van der Waals surface area contributed by atoms with Gasteiger partial charge < -0.3 is 22.6 Å². The Kier molecular flexibility index (Phi) is 6.22. The molecule has 0 unspecified atom stereocenters. The van der Waals surface area contributed by atoms with Crippen molar-refractivity contribution in [2.75, 3.05) is 26.2 Å². The summed E-state index contributed by atoms with van der Waals surface area (Å²) in [7, 11) is 0. The molecule has 0 radical (unpaired) electrons. The molecule has 1 aromatic carbocycles. The highest BCUT2D eigenvalue weighted by molar-refractivity contribution is 7.80. The van der Waals surface area contributed by atoms with Crippen molar-refractivity contribution < 1.29 is 22.5 Å². The summed E-state index contributed by atoms with van der Waals surface area (Å²) in [6.45, 7) is 4.36. The van der Waals surface area contributed by atoms with E-state index in [1.165, 1.54) is 13.0 Å². The zero-order valence-corrected chi connectivity index (χ0v) is 16.5. The van der Waals surface area contributed by atoms with Gasteiger partial charge in [-0.25, -0.2) is 4.79 Å². The van der Waals surface area contributed by atoms with Crippen LogP contribution in [0, 0.1) is 6.92 Å². The lowest BCUT2D eigenvalue weighted by Gasteiger charge is -2.35. The Morgan fingerprint density at radius 2 is 1.77 bits per heavy atom. The van der Waals surface area contributed by atoms with E-state index in [0.717, 1.165) is 0 Å². The first kappa shape index (κ1) is 21.0. The number of benzene rings is 1. The van der Waals surface area contributed by atoms with E-state index >= 15 is 0 Å². The molecule has 4 nitrogen and oxygen atoms in total. The number of carbonyl (C=O) groups excluding carboxylic acids is 1. The van der Waals surface area contributed by atoms with Crippen LogP contribution in [0.25, 0.3) is 0 Å². The molecular formula is C17H25BF3N2O2S-. The minimum atomic E-state index is -5.07. The molecule has 0 saturated carbocycles. The van der Waals surface area contributed by atoms with Crippen molar-refractivity contribution in [1.29, 1.82) is 0 Å². The molecule has 9 heteroatoms. The van der Waals surface area contributed by atoms with Gasteiger partial charge in [0.2, 0.25) is 0 Å². The molecule has 0 bridgehead atoms. The van der Waals surface area contributed by atoms with Gasteiger partial charge >= 0.3 is 13.1 Å². The van der Waals surface area contributed by atoms with Crippen LogP contribution in [-0.4, -0.2) is 54.7 Å². The van der Waals surface area contributed by atoms with Crippen LogP contribution in [0.15, 0.2) is 17.0 Å². The number of carbonyl (C=O) groups is 1. The van der Waals surface area contributed by atoms with Crippen molar-refractivity contribution in [3.05, 3.63) is 23.3 Å². The summed E-state index contributed by atoms with van der Waals surface area (Å²) in [6.07, 6.45) is -0.354. The second-order valence-electron chi connectivity index (χ2n) is 7.65. The second kappa shape index (κ2) is 7.72. The van der Waals surface area contributed by atoms with E-state index in [-0.39, 0.29) is 11.7 Å². The highest BCUT2D eigenvalue weighted by atomic mass is 32.1. The molecule has 1 aliphatic rings. The smallest absolute Gasteiger partial charge is 0.445 e.